The molecule has 0 spiro atoms. The molecule has 0 amide bonds. The largest absolute Gasteiger partial charge is 0.127 e. The van der Waals surface area contributed by atoms with Crippen molar-refractivity contribution in [3.8, 4) is 0 Å². The van der Waals surface area contributed by atoms with E-state index in [2.05, 4.69) is 16.9 Å². The topological polar surface area (TPSA) is 48.8 Å². The van der Waals surface area contributed by atoms with Gasteiger partial charge in [-0.2, -0.15) is 0 Å². The molecule has 0 bridgehead atoms. The molecule has 1 aromatic rings. The van der Waals surface area contributed by atoms with Crippen LogP contribution in [0.5, 0.6) is 0 Å². The predicted molar refractivity (Wildman–Crippen MR) is 65.5 cm³/mol. The monoisotopic (exact) mass is 225 g/mol. The highest BCUT2D eigenvalue weighted by atomic mass is 35.5. The Kier molecular flexibility index (Phi) is 10.0. The lowest BCUT2D eigenvalue weighted by molar-refractivity contribution is 0.776. The number of benzene rings is 1. The SMILES string of the molecule is CCCCCCl.[N-]=[N+]=Nc1ccccc1. The van der Waals surface area contributed by atoms with E-state index in [-0.39, 0.29) is 0 Å². The standard InChI is InChI=1S/C6H5N3.C5H11Cl/c7-9-8-6-4-2-1-3-5-6;1-2-3-4-5-6/h1-5H;2-5H2,1H3. The van der Waals surface area contributed by atoms with E-state index in [0.29, 0.717) is 5.69 Å². The van der Waals surface area contributed by atoms with E-state index in [0.717, 1.165) is 5.88 Å². The number of nitrogens with zero attached hydrogens (tertiary/aromatic N) is 3. The van der Waals surface area contributed by atoms with E-state index < -0.39 is 0 Å². The second kappa shape index (κ2) is 10.9. The number of rotatable bonds is 4. The summed E-state index contributed by atoms with van der Waals surface area (Å²) in [5.74, 6) is 0.827. The number of hydrogen-bond acceptors (Lipinski definition) is 1. The van der Waals surface area contributed by atoms with Gasteiger partial charge >= 0.3 is 0 Å². The highest BCUT2D eigenvalue weighted by Gasteiger charge is 1.79. The Morgan fingerprint density at radius 3 is 2.33 bits per heavy atom. The lowest BCUT2D eigenvalue weighted by atomic mass is 10.3. The van der Waals surface area contributed by atoms with E-state index in [1.807, 2.05) is 18.2 Å². The molecule has 0 aliphatic rings. The lowest BCUT2D eigenvalue weighted by Crippen LogP contribution is -1.70. The van der Waals surface area contributed by atoms with Crippen LogP contribution in [0.1, 0.15) is 26.2 Å². The Hall–Kier alpha value is -1.18. The molecule has 0 radical (unpaired) electrons. The molecule has 0 N–H and O–H groups in total. The van der Waals surface area contributed by atoms with Crippen molar-refractivity contribution in [2.75, 3.05) is 5.88 Å². The number of azide groups is 1. The van der Waals surface area contributed by atoms with Gasteiger partial charge in [-0.3, -0.25) is 0 Å². The predicted octanol–water partition coefficient (Wildman–Crippen LogP) is 5.04. The van der Waals surface area contributed by atoms with E-state index in [4.69, 9.17) is 17.1 Å². The van der Waals surface area contributed by atoms with E-state index in [1.165, 1.54) is 19.3 Å². The Morgan fingerprint density at radius 2 is 1.93 bits per heavy atom. The molecule has 0 aliphatic carbocycles. The first-order valence-corrected chi connectivity index (χ1v) is 5.54. The van der Waals surface area contributed by atoms with Crippen molar-refractivity contribution < 1.29 is 0 Å². The van der Waals surface area contributed by atoms with E-state index >= 15 is 0 Å². The quantitative estimate of drug-likeness (QED) is 0.227. The first-order chi connectivity index (χ1) is 7.35. The summed E-state index contributed by atoms with van der Waals surface area (Å²) in [6, 6.07) is 9.02. The van der Waals surface area contributed by atoms with Crippen molar-refractivity contribution >= 4 is 17.3 Å². The van der Waals surface area contributed by atoms with Gasteiger partial charge in [-0.1, -0.05) is 55.2 Å². The van der Waals surface area contributed by atoms with Crippen LogP contribution in [0.4, 0.5) is 5.69 Å². The smallest absolute Gasteiger partial charge is 0.0375 e. The maximum atomic E-state index is 7.98. The molecule has 4 heteroatoms. The summed E-state index contributed by atoms with van der Waals surface area (Å²) in [5, 5.41) is 3.39. The Balaban J connectivity index is 0.000000288. The van der Waals surface area contributed by atoms with E-state index in [9.17, 15) is 0 Å². The summed E-state index contributed by atoms with van der Waals surface area (Å²) in [7, 11) is 0. The first kappa shape index (κ1) is 13.8. The molecule has 1 rings (SSSR count). The lowest BCUT2D eigenvalue weighted by Gasteiger charge is -1.84. The Bertz CT molecular complexity index is 277. The summed E-state index contributed by atoms with van der Waals surface area (Å²) in [6.45, 7) is 2.17. The minimum Gasteiger partial charge on any atom is -0.127 e. The molecule has 0 heterocycles. The second-order valence-corrected chi connectivity index (χ2v) is 3.30. The fourth-order valence-corrected chi connectivity index (χ4v) is 1.08. The molecule has 0 aliphatic heterocycles. The Morgan fingerprint density at radius 1 is 1.27 bits per heavy atom. The Labute approximate surface area is 95.7 Å². The molecular formula is C11H16ClN3. The van der Waals surface area contributed by atoms with Crippen LogP contribution < -0.4 is 0 Å². The molecule has 1 aromatic carbocycles. The zero-order valence-corrected chi connectivity index (χ0v) is 9.69. The maximum Gasteiger partial charge on any atom is 0.0375 e. The summed E-state index contributed by atoms with van der Waals surface area (Å²) >= 11 is 5.38. The summed E-state index contributed by atoms with van der Waals surface area (Å²) in [6.07, 6.45) is 3.73. The van der Waals surface area contributed by atoms with Crippen LogP contribution in [-0.2, 0) is 0 Å². The fraction of sp³-hybridized carbons (Fsp3) is 0.455. The average molecular weight is 226 g/mol. The summed E-state index contributed by atoms with van der Waals surface area (Å²) in [5.41, 5.74) is 8.63. The first-order valence-electron chi connectivity index (χ1n) is 5.01. The molecule has 3 nitrogen and oxygen atoms in total. The highest BCUT2D eigenvalue weighted by Crippen LogP contribution is 2.08. The van der Waals surface area contributed by atoms with Crippen LogP contribution >= 0.6 is 11.6 Å². The van der Waals surface area contributed by atoms with Crippen molar-refractivity contribution in [3.05, 3.63) is 40.8 Å². The van der Waals surface area contributed by atoms with Gasteiger partial charge in [0.15, 0.2) is 0 Å². The second-order valence-electron chi connectivity index (χ2n) is 2.92. The highest BCUT2D eigenvalue weighted by molar-refractivity contribution is 6.17. The van der Waals surface area contributed by atoms with Crippen LogP contribution in [-0.4, -0.2) is 5.88 Å². The van der Waals surface area contributed by atoms with Crippen molar-refractivity contribution in [2.45, 2.75) is 26.2 Å². The van der Waals surface area contributed by atoms with Gasteiger partial charge in [0.25, 0.3) is 0 Å². The van der Waals surface area contributed by atoms with Gasteiger partial charge in [0.05, 0.1) is 0 Å². The van der Waals surface area contributed by atoms with Gasteiger partial charge in [-0.15, -0.1) is 11.6 Å². The maximum absolute atomic E-state index is 7.98. The van der Waals surface area contributed by atoms with Gasteiger partial charge in [-0.25, -0.2) is 0 Å². The zero-order chi connectivity index (χ0) is 11.4. The molecule has 0 saturated carbocycles. The molecule has 0 fully saturated rings. The summed E-state index contributed by atoms with van der Waals surface area (Å²) < 4.78 is 0. The van der Waals surface area contributed by atoms with Crippen LogP contribution in [0.2, 0.25) is 0 Å². The fourth-order valence-electron chi connectivity index (χ4n) is 0.891. The molecular weight excluding hydrogens is 210 g/mol. The van der Waals surface area contributed by atoms with Crippen molar-refractivity contribution in [2.24, 2.45) is 5.11 Å². The molecule has 0 saturated heterocycles. The van der Waals surface area contributed by atoms with Crippen LogP contribution in [0.15, 0.2) is 35.4 Å². The van der Waals surface area contributed by atoms with Gasteiger partial charge in [0, 0.05) is 16.5 Å². The number of alkyl halides is 1. The van der Waals surface area contributed by atoms with Gasteiger partial charge in [-0.05, 0) is 12.0 Å². The summed E-state index contributed by atoms with van der Waals surface area (Å²) in [4.78, 5) is 2.63. The van der Waals surface area contributed by atoms with Crippen LogP contribution in [0.3, 0.4) is 0 Å². The molecule has 15 heavy (non-hydrogen) atoms. The third kappa shape index (κ3) is 9.13. The third-order valence-electron chi connectivity index (χ3n) is 1.65. The average Bonchev–Trinajstić information content (AvgIpc) is 2.29. The van der Waals surface area contributed by atoms with Crippen molar-refractivity contribution in [1.29, 1.82) is 0 Å². The minimum atomic E-state index is 0.653. The number of hydrogen-bond donors (Lipinski definition) is 0. The molecule has 82 valence electrons. The van der Waals surface area contributed by atoms with Crippen LogP contribution in [0.25, 0.3) is 10.4 Å². The van der Waals surface area contributed by atoms with E-state index in [1.54, 1.807) is 12.1 Å². The number of unbranched alkanes of at least 4 members (excludes halogenated alkanes) is 2. The normalized spacial score (nSPS) is 8.40. The van der Waals surface area contributed by atoms with Gasteiger partial charge < -0.3 is 0 Å². The molecule has 0 unspecified atom stereocenters. The molecule has 0 aromatic heterocycles. The zero-order valence-electron chi connectivity index (χ0n) is 8.93. The third-order valence-corrected chi connectivity index (χ3v) is 1.92. The van der Waals surface area contributed by atoms with Crippen molar-refractivity contribution in [3.63, 3.8) is 0 Å². The minimum absolute atomic E-state index is 0.653. The molecule has 0 atom stereocenters. The van der Waals surface area contributed by atoms with Crippen molar-refractivity contribution in [1.82, 2.24) is 0 Å². The van der Waals surface area contributed by atoms with Crippen LogP contribution in [0, 0.1) is 0 Å². The van der Waals surface area contributed by atoms with Gasteiger partial charge in [0.2, 0.25) is 0 Å². The van der Waals surface area contributed by atoms with Gasteiger partial charge in [0.1, 0.15) is 0 Å². The number of halogens is 1.